The molecule has 5 nitrogen and oxygen atoms in total. The topological polar surface area (TPSA) is 68.0 Å². The number of rotatable bonds is 3. The fourth-order valence-electron chi connectivity index (χ4n) is 0.832. The van der Waals surface area contributed by atoms with Crippen molar-refractivity contribution in [3.63, 3.8) is 0 Å². The van der Waals surface area contributed by atoms with E-state index >= 15 is 0 Å². The number of hydrogen-bond acceptors (Lipinski definition) is 3. The maximum absolute atomic E-state index is 12.1. The molecule has 0 saturated carbocycles. The molecule has 0 aliphatic rings. The first kappa shape index (κ1) is 11.5. The molecule has 1 aromatic rings. The van der Waals surface area contributed by atoms with E-state index in [1.807, 2.05) is 0 Å². The van der Waals surface area contributed by atoms with E-state index in [0.29, 0.717) is 0 Å². The first-order chi connectivity index (χ1) is 6.80. The molecule has 0 aromatic carbocycles. The van der Waals surface area contributed by atoms with Gasteiger partial charge in [0.25, 0.3) is 0 Å². The molecular formula is C7H8F3N3O2. The van der Waals surface area contributed by atoms with Crippen molar-refractivity contribution in [1.29, 1.82) is 0 Å². The van der Waals surface area contributed by atoms with Crippen LogP contribution in [0.4, 0.5) is 13.2 Å². The molecule has 15 heavy (non-hydrogen) atoms. The zero-order chi connectivity index (χ0) is 11.6. The highest BCUT2D eigenvalue weighted by Gasteiger charge is 2.36. The maximum atomic E-state index is 12.1. The normalized spacial score (nSPS) is 13.9. The number of carboxylic acids is 1. The smallest absolute Gasteiger partial charge is 0.393 e. The molecular weight excluding hydrogens is 215 g/mol. The molecule has 1 unspecified atom stereocenters. The highest BCUT2D eigenvalue weighted by atomic mass is 19.4. The Kier molecular flexibility index (Phi) is 2.96. The van der Waals surface area contributed by atoms with Crippen LogP contribution in [-0.4, -0.2) is 32.2 Å². The third kappa shape index (κ3) is 2.93. The van der Waals surface area contributed by atoms with Crippen molar-refractivity contribution < 1.29 is 23.1 Å². The lowest BCUT2D eigenvalue weighted by Gasteiger charge is -2.14. The van der Waals surface area contributed by atoms with Gasteiger partial charge in [-0.2, -0.15) is 23.1 Å². The van der Waals surface area contributed by atoms with Gasteiger partial charge in [-0.15, -0.1) is 5.10 Å². The largest absolute Gasteiger partial charge is 0.476 e. The molecule has 0 spiro atoms. The van der Waals surface area contributed by atoms with Gasteiger partial charge in [0.1, 0.15) is 0 Å². The summed E-state index contributed by atoms with van der Waals surface area (Å²) < 4.78 is 36.3. The number of alkyl halides is 3. The molecule has 1 aromatic heterocycles. The summed E-state index contributed by atoms with van der Waals surface area (Å²) in [6.07, 6.45) is -3.43. The molecule has 0 fully saturated rings. The van der Waals surface area contributed by atoms with Gasteiger partial charge < -0.3 is 5.11 Å². The number of hydrogen-bond donors (Lipinski definition) is 1. The van der Waals surface area contributed by atoms with Crippen LogP contribution in [0.5, 0.6) is 0 Å². The Labute approximate surface area is 82.5 Å². The molecule has 8 heteroatoms. The fourth-order valence-corrected chi connectivity index (χ4v) is 0.832. The van der Waals surface area contributed by atoms with Gasteiger partial charge in [-0.3, -0.25) is 0 Å². The number of carboxylic acid groups (broad SMARTS) is 1. The van der Waals surface area contributed by atoms with Crippen LogP contribution in [0.15, 0.2) is 6.20 Å². The molecule has 1 N–H and O–H groups in total. The highest BCUT2D eigenvalue weighted by Crippen LogP contribution is 2.26. The number of aromatic carboxylic acids is 1. The summed E-state index contributed by atoms with van der Waals surface area (Å²) in [6, 6.07) is 0. The summed E-state index contributed by atoms with van der Waals surface area (Å²) in [5.41, 5.74) is -0.371. The van der Waals surface area contributed by atoms with E-state index in [2.05, 4.69) is 10.2 Å². The summed E-state index contributed by atoms with van der Waals surface area (Å²) in [7, 11) is 0. The quantitative estimate of drug-likeness (QED) is 0.835. The molecule has 1 atom stereocenters. The average Bonchev–Trinajstić information content (AvgIpc) is 2.50. The number of carbonyl (C=O) groups is 1. The molecule has 0 radical (unpaired) electrons. The molecule has 0 saturated heterocycles. The third-order valence-electron chi connectivity index (χ3n) is 1.75. The Morgan fingerprint density at radius 1 is 1.67 bits per heavy atom. The Bertz CT molecular complexity index is 361. The Morgan fingerprint density at radius 3 is 2.67 bits per heavy atom. The van der Waals surface area contributed by atoms with E-state index in [-0.39, 0.29) is 5.69 Å². The number of halogens is 3. The third-order valence-corrected chi connectivity index (χ3v) is 1.75. The van der Waals surface area contributed by atoms with Crippen LogP contribution >= 0.6 is 0 Å². The summed E-state index contributed by atoms with van der Waals surface area (Å²) >= 11 is 0. The monoisotopic (exact) mass is 223 g/mol. The molecule has 1 rings (SSSR count). The molecule has 0 amide bonds. The van der Waals surface area contributed by atoms with E-state index in [0.717, 1.165) is 17.9 Å². The molecule has 0 bridgehead atoms. The standard InChI is InChI=1S/C7H8F3N3O2/c1-4(7(8,9)10)3-13-11-2-5(12-13)6(14)15/h2,4H,3H2,1H3,(H,14,15). The van der Waals surface area contributed by atoms with Crippen LogP contribution in [0.3, 0.4) is 0 Å². The lowest BCUT2D eigenvalue weighted by molar-refractivity contribution is -0.174. The van der Waals surface area contributed by atoms with Crippen molar-refractivity contribution in [3.05, 3.63) is 11.9 Å². The number of aromatic nitrogens is 3. The van der Waals surface area contributed by atoms with Crippen LogP contribution < -0.4 is 0 Å². The zero-order valence-electron chi connectivity index (χ0n) is 7.69. The van der Waals surface area contributed by atoms with Gasteiger partial charge in [-0.25, -0.2) is 4.79 Å². The van der Waals surface area contributed by atoms with Crippen molar-refractivity contribution >= 4 is 5.97 Å². The van der Waals surface area contributed by atoms with E-state index in [1.54, 1.807) is 0 Å². The minimum Gasteiger partial charge on any atom is -0.476 e. The predicted molar refractivity (Wildman–Crippen MR) is 42.2 cm³/mol. The van der Waals surface area contributed by atoms with Crippen LogP contribution in [0.25, 0.3) is 0 Å². The average molecular weight is 223 g/mol. The van der Waals surface area contributed by atoms with Gasteiger partial charge in [-0.05, 0) is 0 Å². The summed E-state index contributed by atoms with van der Waals surface area (Å²) in [6.45, 7) is 0.487. The Morgan fingerprint density at radius 2 is 2.27 bits per heavy atom. The van der Waals surface area contributed by atoms with Gasteiger partial charge >= 0.3 is 12.1 Å². The van der Waals surface area contributed by atoms with Crippen molar-refractivity contribution in [1.82, 2.24) is 15.0 Å². The zero-order valence-corrected chi connectivity index (χ0v) is 7.69. The SMILES string of the molecule is CC(Cn1ncc(C(=O)O)n1)C(F)(F)F. The second-order valence-electron chi connectivity index (χ2n) is 3.03. The van der Waals surface area contributed by atoms with Gasteiger partial charge in [0.2, 0.25) is 0 Å². The molecule has 84 valence electrons. The highest BCUT2D eigenvalue weighted by molar-refractivity contribution is 5.84. The maximum Gasteiger partial charge on any atom is 0.393 e. The first-order valence-electron chi connectivity index (χ1n) is 4.01. The van der Waals surface area contributed by atoms with E-state index < -0.39 is 24.6 Å². The van der Waals surface area contributed by atoms with E-state index in [4.69, 9.17) is 5.11 Å². The van der Waals surface area contributed by atoms with Gasteiger partial charge in [-0.1, -0.05) is 6.92 Å². The minimum absolute atomic E-state index is 0.371. The first-order valence-corrected chi connectivity index (χ1v) is 4.01. The van der Waals surface area contributed by atoms with Gasteiger partial charge in [0.15, 0.2) is 5.69 Å². The minimum atomic E-state index is -4.34. The Hall–Kier alpha value is -1.60. The van der Waals surface area contributed by atoms with Crippen molar-refractivity contribution in [3.8, 4) is 0 Å². The van der Waals surface area contributed by atoms with Crippen LogP contribution in [0, 0.1) is 5.92 Å². The van der Waals surface area contributed by atoms with Crippen LogP contribution in [0.2, 0.25) is 0 Å². The summed E-state index contributed by atoms with van der Waals surface area (Å²) in [5, 5.41) is 15.2. The summed E-state index contributed by atoms with van der Waals surface area (Å²) in [4.78, 5) is 11.1. The van der Waals surface area contributed by atoms with Crippen LogP contribution in [-0.2, 0) is 6.54 Å². The van der Waals surface area contributed by atoms with Gasteiger partial charge in [0, 0.05) is 0 Å². The molecule has 0 aliphatic carbocycles. The van der Waals surface area contributed by atoms with E-state index in [9.17, 15) is 18.0 Å². The second-order valence-corrected chi connectivity index (χ2v) is 3.03. The fraction of sp³-hybridized carbons (Fsp3) is 0.571. The summed E-state index contributed by atoms with van der Waals surface area (Å²) in [5.74, 6) is -2.94. The van der Waals surface area contributed by atoms with Crippen LogP contribution in [0.1, 0.15) is 17.4 Å². The van der Waals surface area contributed by atoms with Crippen molar-refractivity contribution in [2.24, 2.45) is 5.92 Å². The molecule has 0 aliphatic heterocycles. The second kappa shape index (κ2) is 3.87. The van der Waals surface area contributed by atoms with Gasteiger partial charge in [0.05, 0.1) is 18.7 Å². The molecule has 1 heterocycles. The Balaban J connectivity index is 2.69. The predicted octanol–water partition coefficient (Wildman–Crippen LogP) is 1.17. The van der Waals surface area contributed by atoms with E-state index in [1.165, 1.54) is 0 Å². The number of nitrogens with zero attached hydrogens (tertiary/aromatic N) is 3. The lowest BCUT2D eigenvalue weighted by Crippen LogP contribution is -2.25. The lowest BCUT2D eigenvalue weighted by atomic mass is 10.2. The van der Waals surface area contributed by atoms with Crippen molar-refractivity contribution in [2.75, 3.05) is 0 Å². The van der Waals surface area contributed by atoms with Crippen molar-refractivity contribution in [2.45, 2.75) is 19.6 Å².